The highest BCUT2D eigenvalue weighted by Crippen LogP contribution is 2.28. The molecule has 1 N–H and O–H groups in total. The molecule has 1 saturated heterocycles. The standard InChI is InChI=1S/C22H38N2/c1-4-5-6-7-19(2)18-24-16-13-22(14-17-24)21-10-8-20(9-11-21)12-15-23-3/h8-11,19,22-23H,4-7,12-18H2,1-3H3. The molecule has 0 aromatic heterocycles. The van der Waals surface area contributed by atoms with Crippen molar-refractivity contribution in [2.24, 2.45) is 5.92 Å². The third kappa shape index (κ3) is 6.57. The second-order valence-corrected chi connectivity index (χ2v) is 7.77. The molecule has 24 heavy (non-hydrogen) atoms. The molecule has 2 nitrogen and oxygen atoms in total. The molecular formula is C22H38N2. The van der Waals surface area contributed by atoms with Crippen molar-refractivity contribution in [3.8, 4) is 0 Å². The maximum Gasteiger partial charge on any atom is 0.000703 e. The fraction of sp³-hybridized carbons (Fsp3) is 0.727. The summed E-state index contributed by atoms with van der Waals surface area (Å²) in [5, 5.41) is 3.22. The van der Waals surface area contributed by atoms with Crippen molar-refractivity contribution < 1.29 is 0 Å². The van der Waals surface area contributed by atoms with Gasteiger partial charge < -0.3 is 10.2 Å². The molecule has 1 aliphatic heterocycles. The number of piperidine rings is 1. The molecule has 0 amide bonds. The SMILES string of the molecule is CCCCCC(C)CN1CCC(c2ccc(CCNC)cc2)CC1. The van der Waals surface area contributed by atoms with Gasteiger partial charge in [-0.1, -0.05) is 57.4 Å². The van der Waals surface area contributed by atoms with Gasteiger partial charge in [-0.3, -0.25) is 0 Å². The lowest BCUT2D eigenvalue weighted by molar-refractivity contribution is 0.183. The minimum absolute atomic E-state index is 0.773. The monoisotopic (exact) mass is 330 g/mol. The number of nitrogens with one attached hydrogen (secondary N) is 1. The largest absolute Gasteiger partial charge is 0.319 e. The number of hydrogen-bond acceptors (Lipinski definition) is 2. The van der Waals surface area contributed by atoms with Gasteiger partial charge in [0.25, 0.3) is 0 Å². The van der Waals surface area contributed by atoms with E-state index in [-0.39, 0.29) is 0 Å². The number of benzene rings is 1. The molecule has 2 rings (SSSR count). The molecule has 0 aliphatic carbocycles. The van der Waals surface area contributed by atoms with Crippen molar-refractivity contribution in [2.45, 2.75) is 64.7 Å². The predicted molar refractivity (Wildman–Crippen MR) is 106 cm³/mol. The molecule has 1 heterocycles. The molecule has 0 spiro atoms. The number of nitrogens with zero attached hydrogens (tertiary/aromatic N) is 1. The zero-order valence-corrected chi connectivity index (χ0v) is 16.2. The molecule has 1 unspecified atom stereocenters. The third-order valence-corrected chi connectivity index (χ3v) is 5.57. The first-order chi connectivity index (χ1) is 11.7. The lowest BCUT2D eigenvalue weighted by atomic mass is 9.88. The first-order valence-corrected chi connectivity index (χ1v) is 10.2. The summed E-state index contributed by atoms with van der Waals surface area (Å²) in [6, 6.07) is 9.40. The van der Waals surface area contributed by atoms with Crippen molar-refractivity contribution in [2.75, 3.05) is 33.2 Å². The predicted octanol–water partition coefficient (Wildman–Crippen LogP) is 4.84. The van der Waals surface area contributed by atoms with Crippen LogP contribution in [0.25, 0.3) is 0 Å². The summed E-state index contributed by atoms with van der Waals surface area (Å²) in [5.74, 6) is 1.63. The van der Waals surface area contributed by atoms with Gasteiger partial charge in [0, 0.05) is 6.54 Å². The van der Waals surface area contributed by atoms with Crippen LogP contribution in [0.3, 0.4) is 0 Å². The molecule has 0 radical (unpaired) electrons. The minimum atomic E-state index is 0.773. The van der Waals surface area contributed by atoms with E-state index < -0.39 is 0 Å². The molecule has 1 aromatic rings. The van der Waals surface area contributed by atoms with Crippen LogP contribution in [0.5, 0.6) is 0 Å². The minimum Gasteiger partial charge on any atom is -0.319 e. The van der Waals surface area contributed by atoms with Crippen molar-refractivity contribution in [3.05, 3.63) is 35.4 Å². The number of hydrogen-bond donors (Lipinski definition) is 1. The normalized spacial score (nSPS) is 18.0. The highest BCUT2D eigenvalue weighted by Gasteiger charge is 2.21. The average Bonchev–Trinajstić information content (AvgIpc) is 2.61. The highest BCUT2D eigenvalue weighted by molar-refractivity contribution is 5.26. The summed E-state index contributed by atoms with van der Waals surface area (Å²) in [6.45, 7) is 9.66. The van der Waals surface area contributed by atoms with Crippen LogP contribution in [0, 0.1) is 5.92 Å². The Kier molecular flexibility index (Phi) is 8.83. The summed E-state index contributed by atoms with van der Waals surface area (Å²) in [4.78, 5) is 2.70. The van der Waals surface area contributed by atoms with Gasteiger partial charge in [-0.2, -0.15) is 0 Å². The van der Waals surface area contributed by atoms with E-state index in [1.54, 1.807) is 5.56 Å². The molecule has 0 saturated carbocycles. The Labute approximate surface area is 150 Å². The van der Waals surface area contributed by atoms with Crippen molar-refractivity contribution in [3.63, 3.8) is 0 Å². The van der Waals surface area contributed by atoms with E-state index >= 15 is 0 Å². The Morgan fingerprint density at radius 2 is 1.83 bits per heavy atom. The van der Waals surface area contributed by atoms with Crippen LogP contribution < -0.4 is 5.32 Å². The fourth-order valence-corrected chi connectivity index (χ4v) is 3.95. The van der Waals surface area contributed by atoms with E-state index in [4.69, 9.17) is 0 Å². The van der Waals surface area contributed by atoms with Crippen LogP contribution in [0.15, 0.2) is 24.3 Å². The summed E-state index contributed by atoms with van der Waals surface area (Å²) in [6.07, 6.45) is 9.35. The van der Waals surface area contributed by atoms with Crippen LogP contribution in [0.2, 0.25) is 0 Å². The Balaban J connectivity index is 1.72. The second-order valence-electron chi connectivity index (χ2n) is 7.77. The number of unbranched alkanes of at least 4 members (excludes halogenated alkanes) is 2. The fourth-order valence-electron chi connectivity index (χ4n) is 3.95. The average molecular weight is 331 g/mol. The summed E-state index contributed by atoms with van der Waals surface area (Å²) < 4.78 is 0. The maximum absolute atomic E-state index is 3.22. The lowest BCUT2D eigenvalue weighted by Gasteiger charge is -2.34. The van der Waals surface area contributed by atoms with Gasteiger partial charge in [-0.15, -0.1) is 0 Å². The van der Waals surface area contributed by atoms with E-state index in [2.05, 4.69) is 48.3 Å². The first-order valence-electron chi connectivity index (χ1n) is 10.2. The van der Waals surface area contributed by atoms with Crippen LogP contribution in [-0.4, -0.2) is 38.1 Å². The number of rotatable bonds is 10. The molecule has 1 aliphatic rings. The number of likely N-dealkylation sites (N-methyl/N-ethyl adjacent to an activating group) is 1. The second kappa shape index (κ2) is 10.9. The van der Waals surface area contributed by atoms with E-state index in [9.17, 15) is 0 Å². The molecule has 1 fully saturated rings. The Morgan fingerprint density at radius 3 is 2.46 bits per heavy atom. The molecule has 1 atom stereocenters. The van der Waals surface area contributed by atoms with Gasteiger partial charge in [0.1, 0.15) is 0 Å². The zero-order valence-electron chi connectivity index (χ0n) is 16.2. The molecule has 0 bridgehead atoms. The van der Waals surface area contributed by atoms with Gasteiger partial charge in [-0.05, 0) is 75.3 Å². The molecular weight excluding hydrogens is 292 g/mol. The molecule has 2 heteroatoms. The summed E-state index contributed by atoms with van der Waals surface area (Å²) in [7, 11) is 2.02. The first kappa shape index (κ1) is 19.5. The topological polar surface area (TPSA) is 15.3 Å². The van der Waals surface area contributed by atoms with Crippen LogP contribution >= 0.6 is 0 Å². The maximum atomic E-state index is 3.22. The Morgan fingerprint density at radius 1 is 1.12 bits per heavy atom. The Hall–Kier alpha value is -0.860. The zero-order chi connectivity index (χ0) is 17.2. The molecule has 136 valence electrons. The van der Waals surface area contributed by atoms with Crippen LogP contribution in [0.1, 0.15) is 69.4 Å². The molecule has 1 aromatic carbocycles. The van der Waals surface area contributed by atoms with E-state index in [1.807, 2.05) is 7.05 Å². The van der Waals surface area contributed by atoms with Gasteiger partial charge in [0.2, 0.25) is 0 Å². The third-order valence-electron chi connectivity index (χ3n) is 5.57. The quantitative estimate of drug-likeness (QED) is 0.617. The summed E-state index contributed by atoms with van der Waals surface area (Å²) in [5.41, 5.74) is 3.00. The van der Waals surface area contributed by atoms with Gasteiger partial charge in [0.05, 0.1) is 0 Å². The van der Waals surface area contributed by atoms with Gasteiger partial charge in [0.15, 0.2) is 0 Å². The summed E-state index contributed by atoms with van der Waals surface area (Å²) >= 11 is 0. The van der Waals surface area contributed by atoms with Crippen molar-refractivity contribution in [1.82, 2.24) is 10.2 Å². The van der Waals surface area contributed by atoms with E-state index in [1.165, 1.54) is 63.7 Å². The van der Waals surface area contributed by atoms with E-state index in [0.717, 1.165) is 24.8 Å². The van der Waals surface area contributed by atoms with Crippen LogP contribution in [-0.2, 0) is 6.42 Å². The lowest BCUT2D eigenvalue weighted by Crippen LogP contribution is -2.36. The smallest absolute Gasteiger partial charge is 0.000703 e. The highest BCUT2D eigenvalue weighted by atomic mass is 15.1. The van der Waals surface area contributed by atoms with Crippen LogP contribution in [0.4, 0.5) is 0 Å². The van der Waals surface area contributed by atoms with Gasteiger partial charge >= 0.3 is 0 Å². The van der Waals surface area contributed by atoms with Gasteiger partial charge in [-0.25, -0.2) is 0 Å². The van der Waals surface area contributed by atoms with Crippen molar-refractivity contribution in [1.29, 1.82) is 0 Å². The number of likely N-dealkylation sites (tertiary alicyclic amines) is 1. The van der Waals surface area contributed by atoms with Crippen molar-refractivity contribution >= 4 is 0 Å². The van der Waals surface area contributed by atoms with E-state index in [0.29, 0.717) is 0 Å². The Bertz CT molecular complexity index is 432.